The Morgan fingerprint density at radius 3 is 2.78 bits per heavy atom. The van der Waals surface area contributed by atoms with Gasteiger partial charge in [-0.1, -0.05) is 37.5 Å². The molecule has 0 bridgehead atoms. The number of pyridine rings is 1. The maximum Gasteiger partial charge on any atom is 0.0705 e. The molecule has 2 nitrogen and oxygen atoms in total. The van der Waals surface area contributed by atoms with Crippen molar-refractivity contribution in [2.75, 3.05) is 0 Å². The highest BCUT2D eigenvalue weighted by atomic mass is 14.9. The number of nitrogens with one attached hydrogen (secondary N) is 1. The standard InChI is InChI=1S/C16H20N2/c1-2-6-14(7-3-1)18-12-13-10-11-17-16-9-5-4-8-15(13)16/h4-5,8-11,14,18H,1-3,6-7,12H2. The molecule has 0 spiro atoms. The van der Waals surface area contributed by atoms with E-state index in [0.29, 0.717) is 6.04 Å². The normalized spacial score (nSPS) is 17.1. The SMILES string of the molecule is c1ccc2c(CNC3CCCCC3)ccnc2c1. The van der Waals surface area contributed by atoms with Crippen molar-refractivity contribution >= 4 is 10.9 Å². The zero-order valence-corrected chi connectivity index (χ0v) is 10.7. The highest BCUT2D eigenvalue weighted by Gasteiger charge is 2.12. The van der Waals surface area contributed by atoms with E-state index in [1.165, 1.54) is 43.1 Å². The van der Waals surface area contributed by atoms with Gasteiger partial charge >= 0.3 is 0 Å². The topological polar surface area (TPSA) is 24.9 Å². The van der Waals surface area contributed by atoms with E-state index in [1.54, 1.807) is 0 Å². The zero-order valence-electron chi connectivity index (χ0n) is 10.7. The van der Waals surface area contributed by atoms with Gasteiger partial charge in [-0.25, -0.2) is 0 Å². The molecule has 0 radical (unpaired) electrons. The van der Waals surface area contributed by atoms with Crippen molar-refractivity contribution in [2.45, 2.75) is 44.7 Å². The highest BCUT2D eigenvalue weighted by molar-refractivity contribution is 5.81. The van der Waals surface area contributed by atoms with E-state index in [1.807, 2.05) is 12.3 Å². The third-order valence-electron chi connectivity index (χ3n) is 3.93. The molecule has 1 aliphatic carbocycles. The Kier molecular flexibility index (Phi) is 3.56. The predicted octanol–water partition coefficient (Wildman–Crippen LogP) is 3.66. The molecule has 0 atom stereocenters. The Balaban J connectivity index is 1.74. The van der Waals surface area contributed by atoms with Crippen LogP contribution < -0.4 is 5.32 Å². The fraction of sp³-hybridized carbons (Fsp3) is 0.438. The summed E-state index contributed by atoms with van der Waals surface area (Å²) in [4.78, 5) is 4.41. The van der Waals surface area contributed by atoms with Crippen molar-refractivity contribution in [3.8, 4) is 0 Å². The van der Waals surface area contributed by atoms with Gasteiger partial charge in [-0.15, -0.1) is 0 Å². The van der Waals surface area contributed by atoms with E-state index < -0.39 is 0 Å². The average molecular weight is 240 g/mol. The Hall–Kier alpha value is -1.41. The first-order valence-electron chi connectivity index (χ1n) is 6.99. The van der Waals surface area contributed by atoms with Crippen LogP contribution in [0.15, 0.2) is 36.5 Å². The van der Waals surface area contributed by atoms with Crippen LogP contribution in [-0.2, 0) is 6.54 Å². The van der Waals surface area contributed by atoms with Crippen LogP contribution >= 0.6 is 0 Å². The van der Waals surface area contributed by atoms with Crippen LogP contribution in [-0.4, -0.2) is 11.0 Å². The first-order chi connectivity index (χ1) is 8.93. The number of nitrogens with zero attached hydrogens (tertiary/aromatic N) is 1. The summed E-state index contributed by atoms with van der Waals surface area (Å²) in [6, 6.07) is 11.2. The van der Waals surface area contributed by atoms with Crippen molar-refractivity contribution in [3.63, 3.8) is 0 Å². The lowest BCUT2D eigenvalue weighted by molar-refractivity contribution is 0.373. The second-order valence-corrected chi connectivity index (χ2v) is 5.20. The van der Waals surface area contributed by atoms with Gasteiger partial charge in [0.2, 0.25) is 0 Å². The van der Waals surface area contributed by atoms with Crippen LogP contribution in [0.2, 0.25) is 0 Å². The highest BCUT2D eigenvalue weighted by Crippen LogP contribution is 2.20. The van der Waals surface area contributed by atoms with Crippen LogP contribution in [0.5, 0.6) is 0 Å². The number of benzene rings is 1. The number of fused-ring (bicyclic) bond motifs is 1. The summed E-state index contributed by atoms with van der Waals surface area (Å²) in [5.74, 6) is 0. The van der Waals surface area contributed by atoms with E-state index in [2.05, 4.69) is 34.6 Å². The lowest BCUT2D eigenvalue weighted by Gasteiger charge is -2.23. The number of para-hydroxylation sites is 1. The Morgan fingerprint density at radius 2 is 1.89 bits per heavy atom. The van der Waals surface area contributed by atoms with E-state index in [9.17, 15) is 0 Å². The summed E-state index contributed by atoms with van der Waals surface area (Å²) in [5.41, 5.74) is 2.46. The van der Waals surface area contributed by atoms with Gasteiger partial charge in [0, 0.05) is 24.2 Å². The molecular formula is C16H20N2. The van der Waals surface area contributed by atoms with Gasteiger partial charge in [-0.3, -0.25) is 4.98 Å². The van der Waals surface area contributed by atoms with Crippen LogP contribution in [0.3, 0.4) is 0 Å². The first-order valence-corrected chi connectivity index (χ1v) is 6.99. The summed E-state index contributed by atoms with van der Waals surface area (Å²) in [7, 11) is 0. The maximum absolute atomic E-state index is 4.41. The minimum absolute atomic E-state index is 0.714. The number of hydrogen-bond acceptors (Lipinski definition) is 2. The molecule has 1 fully saturated rings. The van der Waals surface area contributed by atoms with E-state index >= 15 is 0 Å². The molecule has 1 N–H and O–H groups in total. The minimum Gasteiger partial charge on any atom is -0.310 e. The molecule has 2 heteroatoms. The van der Waals surface area contributed by atoms with Gasteiger partial charge in [0.25, 0.3) is 0 Å². The fourth-order valence-electron chi connectivity index (χ4n) is 2.87. The lowest BCUT2D eigenvalue weighted by Crippen LogP contribution is -2.30. The summed E-state index contributed by atoms with van der Waals surface area (Å²) in [6.07, 6.45) is 8.77. The van der Waals surface area contributed by atoms with Crippen molar-refractivity contribution in [3.05, 3.63) is 42.1 Å². The number of rotatable bonds is 3. The Bertz CT molecular complexity index is 510. The second kappa shape index (κ2) is 5.49. The molecule has 1 saturated carbocycles. The lowest BCUT2D eigenvalue weighted by atomic mass is 9.95. The maximum atomic E-state index is 4.41. The van der Waals surface area contributed by atoms with Crippen molar-refractivity contribution in [1.29, 1.82) is 0 Å². The minimum atomic E-state index is 0.714. The first kappa shape index (κ1) is 11.7. The quantitative estimate of drug-likeness (QED) is 0.885. The van der Waals surface area contributed by atoms with Crippen LogP contribution in [0, 0.1) is 0 Å². The fourth-order valence-corrected chi connectivity index (χ4v) is 2.87. The molecule has 94 valence electrons. The predicted molar refractivity (Wildman–Crippen MR) is 75.5 cm³/mol. The summed E-state index contributed by atoms with van der Waals surface area (Å²) >= 11 is 0. The summed E-state index contributed by atoms with van der Waals surface area (Å²) < 4.78 is 0. The molecule has 0 unspecified atom stereocenters. The van der Waals surface area contributed by atoms with Gasteiger partial charge in [0.1, 0.15) is 0 Å². The van der Waals surface area contributed by atoms with Crippen LogP contribution in [0.4, 0.5) is 0 Å². The smallest absolute Gasteiger partial charge is 0.0705 e. The molecule has 1 aromatic carbocycles. The zero-order chi connectivity index (χ0) is 12.2. The van der Waals surface area contributed by atoms with E-state index in [4.69, 9.17) is 0 Å². The third-order valence-corrected chi connectivity index (χ3v) is 3.93. The molecule has 0 saturated heterocycles. The molecule has 0 amide bonds. The molecule has 3 rings (SSSR count). The Labute approximate surface area is 108 Å². The molecule has 2 aromatic rings. The number of hydrogen-bond donors (Lipinski definition) is 1. The molecule has 1 heterocycles. The monoisotopic (exact) mass is 240 g/mol. The molecule has 18 heavy (non-hydrogen) atoms. The Morgan fingerprint density at radius 1 is 1.06 bits per heavy atom. The van der Waals surface area contributed by atoms with Crippen molar-refractivity contribution in [1.82, 2.24) is 10.3 Å². The van der Waals surface area contributed by atoms with Gasteiger partial charge in [0.05, 0.1) is 5.52 Å². The van der Waals surface area contributed by atoms with Crippen molar-refractivity contribution in [2.24, 2.45) is 0 Å². The third kappa shape index (κ3) is 2.54. The largest absolute Gasteiger partial charge is 0.310 e. The summed E-state index contributed by atoms with van der Waals surface area (Å²) in [6.45, 7) is 0.966. The summed E-state index contributed by atoms with van der Waals surface area (Å²) in [5, 5.41) is 4.98. The van der Waals surface area contributed by atoms with Crippen LogP contribution in [0.1, 0.15) is 37.7 Å². The number of aromatic nitrogens is 1. The average Bonchev–Trinajstić information content (AvgIpc) is 2.46. The van der Waals surface area contributed by atoms with Crippen LogP contribution in [0.25, 0.3) is 10.9 Å². The van der Waals surface area contributed by atoms with Gasteiger partial charge in [-0.2, -0.15) is 0 Å². The van der Waals surface area contributed by atoms with Gasteiger partial charge in [-0.05, 0) is 30.5 Å². The van der Waals surface area contributed by atoms with Gasteiger partial charge in [0.15, 0.2) is 0 Å². The van der Waals surface area contributed by atoms with Gasteiger partial charge < -0.3 is 5.32 Å². The van der Waals surface area contributed by atoms with E-state index in [-0.39, 0.29) is 0 Å². The van der Waals surface area contributed by atoms with Crippen molar-refractivity contribution < 1.29 is 0 Å². The molecule has 1 aliphatic rings. The van der Waals surface area contributed by atoms with E-state index in [0.717, 1.165) is 12.1 Å². The molecular weight excluding hydrogens is 220 g/mol. The molecule has 0 aliphatic heterocycles. The second-order valence-electron chi connectivity index (χ2n) is 5.20. The molecule has 1 aromatic heterocycles.